The standard InChI is InChI=1S/C57H35N7/c1-9-25-47-39(17-1)40-18-2-10-26-48(40)61(47)37-33-36(34-38(35-37)62-49-27-11-3-19-41(49)42-20-4-12-28-50(42)62)55-58-56(63-51-29-13-5-21-43(51)44-22-6-14-30-52(44)63)60-57(59-55)64-53-31-15-7-23-45(53)46-24-8-16-32-54(46)64/h1-35H. The predicted molar refractivity (Wildman–Crippen MR) is 263 cm³/mol. The van der Waals surface area contributed by atoms with E-state index in [1.807, 2.05) is 0 Å². The minimum Gasteiger partial charge on any atom is -0.309 e. The van der Waals surface area contributed by atoms with E-state index in [4.69, 9.17) is 15.0 Å². The average Bonchev–Trinajstić information content (AvgIpc) is 4.09. The Labute approximate surface area is 366 Å². The van der Waals surface area contributed by atoms with E-state index >= 15 is 0 Å². The maximum Gasteiger partial charge on any atom is 0.240 e. The lowest BCUT2D eigenvalue weighted by molar-refractivity contribution is 0.892. The first-order chi connectivity index (χ1) is 31.8. The van der Waals surface area contributed by atoms with Crippen LogP contribution in [-0.4, -0.2) is 33.2 Å². The highest BCUT2D eigenvalue weighted by Crippen LogP contribution is 2.39. The monoisotopic (exact) mass is 817 g/mol. The molecule has 0 aliphatic heterocycles. The highest BCUT2D eigenvalue weighted by Gasteiger charge is 2.23. The van der Waals surface area contributed by atoms with Crippen molar-refractivity contribution in [3.8, 4) is 34.7 Å². The van der Waals surface area contributed by atoms with Gasteiger partial charge in [-0.15, -0.1) is 0 Å². The van der Waals surface area contributed by atoms with Crippen LogP contribution in [0.3, 0.4) is 0 Å². The second kappa shape index (κ2) is 13.3. The molecule has 7 nitrogen and oxygen atoms in total. The summed E-state index contributed by atoms with van der Waals surface area (Å²) >= 11 is 0. The molecule has 0 saturated carbocycles. The highest BCUT2D eigenvalue weighted by atomic mass is 15.3. The van der Waals surface area contributed by atoms with Crippen molar-refractivity contribution in [1.29, 1.82) is 0 Å². The van der Waals surface area contributed by atoms with Crippen LogP contribution in [0.4, 0.5) is 0 Å². The summed E-state index contributed by atoms with van der Waals surface area (Å²) in [5, 5.41) is 9.35. The lowest BCUT2D eigenvalue weighted by Crippen LogP contribution is -2.10. The van der Waals surface area contributed by atoms with Crippen LogP contribution in [0.1, 0.15) is 0 Å². The third kappa shape index (κ3) is 4.94. The Kier molecular flexibility index (Phi) is 7.27. The van der Waals surface area contributed by atoms with Crippen LogP contribution in [0.2, 0.25) is 0 Å². The fourth-order valence-corrected chi connectivity index (χ4v) is 10.3. The molecule has 5 heterocycles. The van der Waals surface area contributed by atoms with Gasteiger partial charge >= 0.3 is 0 Å². The molecule has 0 bridgehead atoms. The molecule has 0 amide bonds. The smallest absolute Gasteiger partial charge is 0.240 e. The molecule has 0 aliphatic rings. The summed E-state index contributed by atoms with van der Waals surface area (Å²) in [7, 11) is 0. The Morgan fingerprint density at radius 2 is 0.469 bits per heavy atom. The number of hydrogen-bond donors (Lipinski definition) is 0. The number of aromatic nitrogens is 7. The molecule has 0 fully saturated rings. The topological polar surface area (TPSA) is 58.4 Å². The number of benzene rings is 9. The zero-order valence-corrected chi connectivity index (χ0v) is 34.3. The van der Waals surface area contributed by atoms with Crippen LogP contribution in [-0.2, 0) is 0 Å². The van der Waals surface area contributed by atoms with Gasteiger partial charge in [0, 0.05) is 60.0 Å². The third-order valence-corrected chi connectivity index (χ3v) is 13.0. The third-order valence-electron chi connectivity index (χ3n) is 13.0. The average molecular weight is 818 g/mol. The number of nitrogens with zero attached hydrogens (tertiary/aromatic N) is 7. The van der Waals surface area contributed by atoms with E-state index in [0.717, 1.165) is 82.6 Å². The second-order valence-corrected chi connectivity index (χ2v) is 16.5. The second-order valence-electron chi connectivity index (χ2n) is 16.5. The van der Waals surface area contributed by atoms with Gasteiger partial charge in [-0.3, -0.25) is 9.13 Å². The quantitative estimate of drug-likeness (QED) is 0.174. The maximum atomic E-state index is 5.52. The number of para-hydroxylation sites is 8. The molecule has 64 heavy (non-hydrogen) atoms. The van der Waals surface area contributed by atoms with Crippen LogP contribution < -0.4 is 0 Å². The van der Waals surface area contributed by atoms with Gasteiger partial charge in [0.1, 0.15) is 0 Å². The van der Waals surface area contributed by atoms with Gasteiger partial charge in [0.05, 0.1) is 44.1 Å². The summed E-state index contributed by atoms with van der Waals surface area (Å²) < 4.78 is 9.15. The van der Waals surface area contributed by atoms with Gasteiger partial charge < -0.3 is 9.13 Å². The molecular formula is C57H35N7. The van der Waals surface area contributed by atoms with Crippen LogP contribution in [0.15, 0.2) is 212 Å². The van der Waals surface area contributed by atoms with Gasteiger partial charge in [0.15, 0.2) is 5.82 Å². The molecular weight excluding hydrogens is 783 g/mol. The molecule has 0 N–H and O–H groups in total. The zero-order valence-electron chi connectivity index (χ0n) is 34.3. The van der Waals surface area contributed by atoms with E-state index in [0.29, 0.717) is 17.7 Å². The van der Waals surface area contributed by atoms with E-state index in [1.54, 1.807) is 0 Å². The Bertz CT molecular complexity index is 3470. The van der Waals surface area contributed by atoms with E-state index in [2.05, 4.69) is 231 Å². The molecule has 0 unspecified atom stereocenters. The number of hydrogen-bond acceptors (Lipinski definition) is 3. The summed E-state index contributed by atoms with van der Waals surface area (Å²) in [5.41, 5.74) is 11.5. The van der Waals surface area contributed by atoms with Crippen molar-refractivity contribution in [2.45, 2.75) is 0 Å². The predicted octanol–water partition coefficient (Wildman–Crippen LogP) is 13.9. The van der Waals surface area contributed by atoms with E-state index in [-0.39, 0.29) is 0 Å². The summed E-state index contributed by atoms with van der Waals surface area (Å²) in [5.74, 6) is 1.65. The summed E-state index contributed by atoms with van der Waals surface area (Å²) in [6.07, 6.45) is 0. The zero-order chi connectivity index (χ0) is 41.9. The van der Waals surface area contributed by atoms with E-state index < -0.39 is 0 Å². The molecule has 0 saturated heterocycles. The number of fused-ring (bicyclic) bond motifs is 12. The van der Waals surface area contributed by atoms with E-state index in [1.165, 1.54) is 21.5 Å². The fraction of sp³-hybridized carbons (Fsp3) is 0. The van der Waals surface area contributed by atoms with Gasteiger partial charge in [-0.05, 0) is 66.7 Å². The van der Waals surface area contributed by atoms with E-state index in [9.17, 15) is 0 Å². The van der Waals surface area contributed by atoms with Crippen molar-refractivity contribution >= 4 is 87.2 Å². The highest BCUT2D eigenvalue weighted by molar-refractivity contribution is 6.12. The van der Waals surface area contributed by atoms with Gasteiger partial charge in [0.25, 0.3) is 0 Å². The van der Waals surface area contributed by atoms with Crippen molar-refractivity contribution in [1.82, 2.24) is 33.2 Å². The molecule has 0 spiro atoms. The largest absolute Gasteiger partial charge is 0.309 e. The minimum absolute atomic E-state index is 0.542. The Hall–Kier alpha value is -8.81. The molecule has 14 aromatic rings. The van der Waals surface area contributed by atoms with Gasteiger partial charge in [0.2, 0.25) is 11.9 Å². The van der Waals surface area contributed by atoms with Crippen molar-refractivity contribution < 1.29 is 0 Å². The first kappa shape index (κ1) is 34.9. The van der Waals surface area contributed by atoms with Crippen LogP contribution >= 0.6 is 0 Å². The van der Waals surface area contributed by atoms with Crippen molar-refractivity contribution in [3.05, 3.63) is 212 Å². The molecule has 298 valence electrons. The van der Waals surface area contributed by atoms with Crippen molar-refractivity contribution in [3.63, 3.8) is 0 Å². The minimum atomic E-state index is 0.542. The Morgan fingerprint density at radius 1 is 0.234 bits per heavy atom. The summed E-state index contributed by atoms with van der Waals surface area (Å²) in [6.45, 7) is 0. The lowest BCUT2D eigenvalue weighted by Gasteiger charge is -2.16. The molecule has 0 aliphatic carbocycles. The molecule has 0 radical (unpaired) electrons. The van der Waals surface area contributed by atoms with Crippen molar-refractivity contribution in [2.75, 3.05) is 0 Å². The van der Waals surface area contributed by atoms with Crippen LogP contribution in [0.25, 0.3) is 122 Å². The van der Waals surface area contributed by atoms with Gasteiger partial charge in [-0.2, -0.15) is 15.0 Å². The molecule has 5 aromatic heterocycles. The molecule has 7 heteroatoms. The first-order valence-corrected chi connectivity index (χ1v) is 21.6. The van der Waals surface area contributed by atoms with Crippen LogP contribution in [0, 0.1) is 0 Å². The normalized spacial score (nSPS) is 12.1. The molecule has 0 atom stereocenters. The SMILES string of the molecule is c1ccc2c(c1)c1ccccc1n2-c1cc(-c2nc(-n3c4ccccc4c4ccccc43)nc(-n3c4ccccc4c4ccccc43)n2)cc(-n2c3ccccc3c3ccccc32)c1. The molecule has 14 rings (SSSR count). The van der Waals surface area contributed by atoms with Gasteiger partial charge in [-0.25, -0.2) is 0 Å². The fourth-order valence-electron chi connectivity index (χ4n) is 10.3. The summed E-state index contributed by atoms with van der Waals surface area (Å²) in [4.78, 5) is 16.5. The molecule has 9 aromatic carbocycles. The van der Waals surface area contributed by atoms with Crippen LogP contribution in [0.5, 0.6) is 0 Å². The Balaban J connectivity index is 1.13. The summed E-state index contributed by atoms with van der Waals surface area (Å²) in [6, 6.07) is 75.5. The maximum absolute atomic E-state index is 5.52. The Morgan fingerprint density at radius 3 is 0.734 bits per heavy atom. The number of rotatable bonds is 5. The lowest BCUT2D eigenvalue weighted by atomic mass is 10.1. The first-order valence-electron chi connectivity index (χ1n) is 21.6. The van der Waals surface area contributed by atoms with Crippen molar-refractivity contribution in [2.24, 2.45) is 0 Å². The van der Waals surface area contributed by atoms with Gasteiger partial charge in [-0.1, -0.05) is 146 Å².